The molecule has 2 heterocycles. The van der Waals surface area contributed by atoms with Gasteiger partial charge in [0.15, 0.2) is 12.6 Å². The lowest BCUT2D eigenvalue weighted by Gasteiger charge is -2.66. The highest BCUT2D eigenvalue weighted by Gasteiger charge is 2.72. The fourth-order valence-corrected chi connectivity index (χ4v) is 12.6. The number of methoxy groups -OCH3 is 1. The third kappa shape index (κ3) is 8.51. The van der Waals surface area contributed by atoms with Gasteiger partial charge in [-0.1, -0.05) is 46.8 Å². The van der Waals surface area contributed by atoms with Crippen LogP contribution in [-0.4, -0.2) is 160 Å². The quantitative estimate of drug-likeness (QED) is 0.0917. The van der Waals surface area contributed by atoms with Crippen molar-refractivity contribution < 1.29 is 81.7 Å². The molecule has 6 aliphatic rings. The normalized spacial score (nSPS) is 50.8. The number of rotatable bonds is 12. The number of hydrogen-bond acceptors (Lipinski definition) is 16. The molecule has 0 bridgehead atoms. The predicted octanol–water partition coefficient (Wildman–Crippen LogP) is -0.102. The minimum absolute atomic E-state index is 0.0152. The van der Waals surface area contributed by atoms with E-state index in [0.717, 1.165) is 0 Å². The Morgan fingerprint density at radius 2 is 1.42 bits per heavy atom. The highest BCUT2D eigenvalue weighted by molar-refractivity contribution is 7.80. The van der Waals surface area contributed by atoms with Crippen LogP contribution in [0.3, 0.4) is 0 Å². The summed E-state index contributed by atoms with van der Waals surface area (Å²) in [6, 6.07) is 0. The van der Waals surface area contributed by atoms with Gasteiger partial charge in [0.1, 0.15) is 36.6 Å². The van der Waals surface area contributed by atoms with Gasteiger partial charge in [-0.15, -0.1) is 0 Å². The molecule has 2 saturated heterocycles. The topological polar surface area (TPSA) is 272 Å². The third-order valence-electron chi connectivity index (χ3n) is 15.2. The first-order valence-corrected chi connectivity index (χ1v) is 21.8. The maximum atomic E-state index is 12.8. The first kappa shape index (κ1) is 45.6. The Morgan fingerprint density at radius 1 is 0.807 bits per heavy atom. The monoisotopic (exact) mass is 838 g/mol. The van der Waals surface area contributed by atoms with Crippen LogP contribution in [0.4, 0.5) is 0 Å². The summed E-state index contributed by atoms with van der Waals surface area (Å²) in [5.41, 5.74) is -2.97. The summed E-state index contributed by atoms with van der Waals surface area (Å²) in [5, 5.41) is 87.8. The van der Waals surface area contributed by atoms with Crippen molar-refractivity contribution in [2.75, 3.05) is 26.9 Å². The number of fused-ring (bicyclic) bond motifs is 5. The number of allylic oxidation sites excluding steroid dienone is 2. The Morgan fingerprint density at radius 3 is 2.05 bits per heavy atom. The average Bonchev–Trinajstić information content (AvgIpc) is 3.41. The summed E-state index contributed by atoms with van der Waals surface area (Å²) in [4.78, 5) is 0. The van der Waals surface area contributed by atoms with Crippen molar-refractivity contribution in [2.45, 2.75) is 152 Å². The van der Waals surface area contributed by atoms with Crippen molar-refractivity contribution in [2.24, 2.45) is 52.3 Å². The van der Waals surface area contributed by atoms with Crippen molar-refractivity contribution in [3.8, 4) is 0 Å². The molecule has 0 aromatic carbocycles. The molecule has 2 aliphatic heterocycles. The highest BCUT2D eigenvalue weighted by atomic mass is 32.3. The van der Waals surface area contributed by atoms with Crippen LogP contribution in [0.25, 0.3) is 0 Å². The minimum Gasteiger partial charge on any atom is -0.393 e. The molecule has 4 saturated carbocycles. The Kier molecular flexibility index (Phi) is 13.7. The van der Waals surface area contributed by atoms with Gasteiger partial charge in [-0.2, -0.15) is 8.42 Å². The van der Waals surface area contributed by atoms with Crippen molar-refractivity contribution in [1.82, 2.24) is 0 Å². The van der Waals surface area contributed by atoms with E-state index in [2.05, 4.69) is 26.0 Å². The van der Waals surface area contributed by atoms with E-state index < -0.39 is 118 Å². The zero-order chi connectivity index (χ0) is 42.0. The van der Waals surface area contributed by atoms with Gasteiger partial charge in [0.05, 0.1) is 49.8 Å². The van der Waals surface area contributed by atoms with Gasteiger partial charge in [-0.05, 0) is 72.5 Å². The zero-order valence-electron chi connectivity index (χ0n) is 33.7. The fourth-order valence-electron chi connectivity index (χ4n) is 12.1. The molecule has 4 aliphatic carbocycles. The van der Waals surface area contributed by atoms with E-state index in [1.165, 1.54) is 7.11 Å². The molecular formula is C39H66O17S. The zero-order valence-corrected chi connectivity index (χ0v) is 34.5. The molecule has 0 spiro atoms. The molecule has 9 N–H and O–H groups in total. The summed E-state index contributed by atoms with van der Waals surface area (Å²) in [6.45, 7) is 9.82. The summed E-state index contributed by atoms with van der Waals surface area (Å²) >= 11 is 0. The van der Waals surface area contributed by atoms with Crippen LogP contribution in [0.2, 0.25) is 0 Å². The second-order valence-electron chi connectivity index (χ2n) is 18.6. The SMILES string of the molecule is COC1C(OC2C(OCC(C)C(C)C=CC(C)C3CC(O)C4C3(C)CCC3C5(C)CCC(O)C(O)C5C(OS(=O)(=O)O)CC34O)OCC(O)C2O)OCC(O)C1O. The van der Waals surface area contributed by atoms with Crippen molar-refractivity contribution in [1.29, 1.82) is 0 Å². The van der Waals surface area contributed by atoms with Gasteiger partial charge in [0, 0.05) is 25.4 Å². The van der Waals surface area contributed by atoms with Crippen LogP contribution >= 0.6 is 0 Å². The standard InChI is InChI=1S/C39H66O17S/c1-18(20(3)15-52-35-33(31(46)25(43)16-53-35)55-36-32(51-6)30(45)24(42)17-54-36)7-8-19(2)21-13-23(41)34-37(21,4)12-10-27-38(5)11-9-22(40)29(44)28(38)26(14-39(27,34)47)56-57(48,49)50/h7-8,18-36,40-47H,9-17H2,1-6H3,(H,48,49,50). The smallest absolute Gasteiger partial charge is 0.393 e. The highest BCUT2D eigenvalue weighted by Crippen LogP contribution is 2.70. The van der Waals surface area contributed by atoms with Crippen LogP contribution in [0.1, 0.15) is 73.1 Å². The Bertz CT molecular complexity index is 1520. The van der Waals surface area contributed by atoms with Gasteiger partial charge in [0.25, 0.3) is 0 Å². The molecule has 0 aromatic rings. The molecule has 0 radical (unpaired) electrons. The molecule has 6 rings (SSSR count). The third-order valence-corrected chi connectivity index (χ3v) is 15.7. The van der Waals surface area contributed by atoms with Crippen LogP contribution in [0.15, 0.2) is 12.2 Å². The maximum Gasteiger partial charge on any atom is 0.397 e. The Balaban J connectivity index is 1.12. The van der Waals surface area contributed by atoms with Crippen molar-refractivity contribution in [3.63, 3.8) is 0 Å². The average molecular weight is 839 g/mol. The molecule has 17 nitrogen and oxygen atoms in total. The number of aliphatic hydroxyl groups is 8. The summed E-state index contributed by atoms with van der Waals surface area (Å²) in [5.74, 6) is -2.10. The number of ether oxygens (including phenoxy) is 5. The van der Waals surface area contributed by atoms with Crippen LogP contribution < -0.4 is 0 Å². The van der Waals surface area contributed by atoms with Crippen LogP contribution in [0, 0.1) is 52.3 Å². The first-order valence-electron chi connectivity index (χ1n) is 20.4. The lowest BCUT2D eigenvalue weighted by molar-refractivity contribution is -0.346. The fraction of sp³-hybridized carbons (Fsp3) is 0.949. The van der Waals surface area contributed by atoms with Gasteiger partial charge < -0.3 is 64.5 Å². The van der Waals surface area contributed by atoms with Gasteiger partial charge in [-0.25, -0.2) is 4.18 Å². The molecule has 22 unspecified atom stereocenters. The maximum absolute atomic E-state index is 12.8. The molecule has 6 fully saturated rings. The van der Waals surface area contributed by atoms with E-state index in [1.54, 1.807) is 0 Å². The van der Waals surface area contributed by atoms with E-state index >= 15 is 0 Å². The Hall–Kier alpha value is -0.910. The summed E-state index contributed by atoms with van der Waals surface area (Å²) in [6.07, 6.45) is -8.10. The first-order chi connectivity index (χ1) is 26.6. The molecule has 330 valence electrons. The second-order valence-corrected chi connectivity index (χ2v) is 19.7. The van der Waals surface area contributed by atoms with Gasteiger partial charge in [0.2, 0.25) is 0 Å². The molecule has 22 atom stereocenters. The molecule has 57 heavy (non-hydrogen) atoms. The van der Waals surface area contributed by atoms with Gasteiger partial charge in [-0.3, -0.25) is 4.55 Å². The van der Waals surface area contributed by atoms with E-state index in [1.807, 2.05) is 20.8 Å². The van der Waals surface area contributed by atoms with Crippen LogP contribution in [0.5, 0.6) is 0 Å². The van der Waals surface area contributed by atoms with Crippen molar-refractivity contribution >= 4 is 10.4 Å². The molecule has 0 amide bonds. The summed E-state index contributed by atoms with van der Waals surface area (Å²) in [7, 11) is -3.66. The van der Waals surface area contributed by atoms with E-state index in [-0.39, 0.29) is 56.3 Å². The Labute approximate surface area is 335 Å². The predicted molar refractivity (Wildman–Crippen MR) is 199 cm³/mol. The number of hydrogen-bond donors (Lipinski definition) is 9. The van der Waals surface area contributed by atoms with Crippen LogP contribution in [-0.2, 0) is 38.3 Å². The molecule has 0 aromatic heterocycles. The lowest BCUT2D eigenvalue weighted by Crippen LogP contribution is -2.71. The van der Waals surface area contributed by atoms with E-state index in [9.17, 15) is 53.8 Å². The minimum atomic E-state index is -4.98. The van der Waals surface area contributed by atoms with Gasteiger partial charge >= 0.3 is 10.4 Å². The largest absolute Gasteiger partial charge is 0.397 e. The number of aliphatic hydroxyl groups excluding tert-OH is 7. The van der Waals surface area contributed by atoms with E-state index in [4.69, 9.17) is 27.9 Å². The molecular weight excluding hydrogens is 772 g/mol. The van der Waals surface area contributed by atoms with E-state index in [0.29, 0.717) is 25.7 Å². The molecule has 18 heteroatoms. The lowest BCUT2D eigenvalue weighted by atomic mass is 9.41. The second kappa shape index (κ2) is 17.1. The summed E-state index contributed by atoms with van der Waals surface area (Å²) < 4.78 is 67.7. The van der Waals surface area contributed by atoms with Crippen molar-refractivity contribution in [3.05, 3.63) is 12.2 Å².